The highest BCUT2D eigenvalue weighted by Crippen LogP contribution is 2.10. The molecule has 1 amide bonds. The van der Waals surface area contributed by atoms with E-state index in [0.717, 1.165) is 12.8 Å². The highest BCUT2D eigenvalue weighted by molar-refractivity contribution is 5.78. The van der Waals surface area contributed by atoms with E-state index in [1.807, 2.05) is 0 Å². The van der Waals surface area contributed by atoms with Crippen molar-refractivity contribution in [1.29, 1.82) is 0 Å². The number of carbonyl (C=O) groups excluding carboxylic acids is 1. The van der Waals surface area contributed by atoms with Crippen LogP contribution in [0.3, 0.4) is 0 Å². The molecule has 2 nitrogen and oxygen atoms in total. The van der Waals surface area contributed by atoms with Crippen molar-refractivity contribution in [1.82, 2.24) is 5.32 Å². The zero-order valence-corrected chi connectivity index (χ0v) is 5.05. The molecule has 0 bridgehead atoms. The number of carbonyl (C=O) groups is 1. The second kappa shape index (κ2) is 2.16. The number of hydrogen-bond acceptors (Lipinski definition) is 1. The number of hydrogen-bond donors (Lipinski definition) is 0. The SMILES string of the molecule is CCC1CCC(=O)[N]1. The Morgan fingerprint density at radius 1 is 1.88 bits per heavy atom. The van der Waals surface area contributed by atoms with Gasteiger partial charge in [-0.2, -0.15) is 0 Å². The molecule has 1 radical (unpaired) electrons. The summed E-state index contributed by atoms with van der Waals surface area (Å²) in [6, 6.07) is 0.350. The molecule has 0 saturated carbocycles. The van der Waals surface area contributed by atoms with Gasteiger partial charge in [-0.1, -0.05) is 6.92 Å². The van der Waals surface area contributed by atoms with Gasteiger partial charge in [-0.15, -0.1) is 0 Å². The van der Waals surface area contributed by atoms with E-state index in [1.54, 1.807) is 0 Å². The van der Waals surface area contributed by atoms with Crippen LogP contribution >= 0.6 is 0 Å². The van der Waals surface area contributed by atoms with E-state index in [0.29, 0.717) is 12.5 Å². The first kappa shape index (κ1) is 5.60. The normalized spacial score (nSPS) is 28.1. The first-order valence-electron chi connectivity index (χ1n) is 3.06. The maximum Gasteiger partial charge on any atom is 0.241 e. The zero-order chi connectivity index (χ0) is 5.98. The molecule has 0 spiro atoms. The van der Waals surface area contributed by atoms with E-state index in [-0.39, 0.29) is 5.91 Å². The molecule has 1 unspecified atom stereocenters. The Labute approximate surface area is 49.3 Å². The van der Waals surface area contributed by atoms with Gasteiger partial charge in [0.15, 0.2) is 0 Å². The Morgan fingerprint density at radius 2 is 2.62 bits per heavy atom. The van der Waals surface area contributed by atoms with Crippen LogP contribution in [-0.4, -0.2) is 11.9 Å². The summed E-state index contributed by atoms with van der Waals surface area (Å²) in [5, 5.41) is 3.87. The maximum atomic E-state index is 10.4. The minimum absolute atomic E-state index is 0.0943. The molecule has 0 aromatic heterocycles. The lowest BCUT2D eigenvalue weighted by atomic mass is 10.2. The first-order chi connectivity index (χ1) is 3.83. The lowest BCUT2D eigenvalue weighted by molar-refractivity contribution is -0.119. The van der Waals surface area contributed by atoms with Gasteiger partial charge in [0.05, 0.1) is 6.04 Å². The highest BCUT2D eigenvalue weighted by atomic mass is 16.1. The maximum absolute atomic E-state index is 10.4. The standard InChI is InChI=1S/C6H10NO/c1-2-5-3-4-6(8)7-5/h5H,2-4H2,1H3. The largest absolute Gasteiger partial charge is 0.273 e. The van der Waals surface area contributed by atoms with Crippen LogP contribution in [0.25, 0.3) is 0 Å². The molecular weight excluding hydrogens is 102 g/mol. The smallest absolute Gasteiger partial charge is 0.241 e. The van der Waals surface area contributed by atoms with Crippen LogP contribution in [-0.2, 0) is 4.79 Å². The zero-order valence-electron chi connectivity index (χ0n) is 5.05. The third-order valence-electron chi connectivity index (χ3n) is 1.49. The molecule has 0 aliphatic carbocycles. The second-order valence-electron chi connectivity index (χ2n) is 2.12. The molecule has 0 aromatic carbocycles. The Bertz CT molecular complexity index is 101. The summed E-state index contributed by atoms with van der Waals surface area (Å²) in [6.07, 6.45) is 2.68. The molecule has 1 aliphatic rings. The van der Waals surface area contributed by atoms with Crippen LogP contribution in [0.5, 0.6) is 0 Å². The number of nitrogens with zero attached hydrogens (tertiary/aromatic N) is 1. The molecule has 1 heterocycles. The van der Waals surface area contributed by atoms with Crippen molar-refractivity contribution in [3.63, 3.8) is 0 Å². The quantitative estimate of drug-likeness (QED) is 0.491. The fourth-order valence-corrected chi connectivity index (χ4v) is 0.918. The molecule has 1 rings (SSSR count). The van der Waals surface area contributed by atoms with Crippen LogP contribution < -0.4 is 5.32 Å². The van der Waals surface area contributed by atoms with Crippen molar-refractivity contribution >= 4 is 5.91 Å². The van der Waals surface area contributed by atoms with Crippen molar-refractivity contribution in [2.75, 3.05) is 0 Å². The van der Waals surface area contributed by atoms with E-state index in [9.17, 15) is 4.79 Å². The van der Waals surface area contributed by atoms with Gasteiger partial charge in [0, 0.05) is 6.42 Å². The summed E-state index contributed by atoms with van der Waals surface area (Å²) in [4.78, 5) is 10.4. The van der Waals surface area contributed by atoms with Gasteiger partial charge in [0.25, 0.3) is 0 Å². The summed E-state index contributed by atoms with van der Waals surface area (Å²) >= 11 is 0. The average molecular weight is 112 g/mol. The van der Waals surface area contributed by atoms with Crippen LogP contribution in [0, 0.1) is 0 Å². The molecule has 45 valence electrons. The minimum atomic E-state index is 0.0943. The van der Waals surface area contributed by atoms with Crippen molar-refractivity contribution in [3.8, 4) is 0 Å². The van der Waals surface area contributed by atoms with Gasteiger partial charge in [-0.25, -0.2) is 5.32 Å². The summed E-state index contributed by atoms with van der Waals surface area (Å²) in [5.41, 5.74) is 0. The molecule has 1 saturated heterocycles. The summed E-state index contributed by atoms with van der Waals surface area (Å²) in [7, 11) is 0. The van der Waals surface area contributed by atoms with Crippen molar-refractivity contribution in [2.24, 2.45) is 0 Å². The monoisotopic (exact) mass is 112 g/mol. The molecular formula is C6H10NO. The van der Waals surface area contributed by atoms with Gasteiger partial charge >= 0.3 is 0 Å². The van der Waals surface area contributed by atoms with E-state index < -0.39 is 0 Å². The highest BCUT2D eigenvalue weighted by Gasteiger charge is 2.20. The number of amides is 1. The fourth-order valence-electron chi connectivity index (χ4n) is 0.918. The van der Waals surface area contributed by atoms with Gasteiger partial charge in [-0.05, 0) is 12.8 Å². The van der Waals surface area contributed by atoms with Gasteiger partial charge < -0.3 is 0 Å². The van der Waals surface area contributed by atoms with Crippen LogP contribution in [0.1, 0.15) is 26.2 Å². The Hall–Kier alpha value is -0.530. The molecule has 1 aliphatic heterocycles. The van der Waals surface area contributed by atoms with E-state index in [2.05, 4.69) is 12.2 Å². The van der Waals surface area contributed by atoms with E-state index in [1.165, 1.54) is 0 Å². The van der Waals surface area contributed by atoms with Crippen molar-refractivity contribution in [2.45, 2.75) is 32.2 Å². The molecule has 8 heavy (non-hydrogen) atoms. The predicted octanol–water partition coefficient (Wildman–Crippen LogP) is 0.690. The third kappa shape index (κ3) is 0.997. The Kier molecular flexibility index (Phi) is 1.51. The van der Waals surface area contributed by atoms with Crippen LogP contribution in [0.15, 0.2) is 0 Å². The fraction of sp³-hybridized carbons (Fsp3) is 0.833. The summed E-state index contributed by atoms with van der Waals surface area (Å²) < 4.78 is 0. The molecule has 1 atom stereocenters. The molecule has 0 N–H and O–H groups in total. The predicted molar refractivity (Wildman–Crippen MR) is 30.5 cm³/mol. The first-order valence-corrected chi connectivity index (χ1v) is 3.06. The average Bonchev–Trinajstić information content (AvgIpc) is 2.14. The van der Waals surface area contributed by atoms with Gasteiger partial charge in [0.2, 0.25) is 5.91 Å². The third-order valence-corrected chi connectivity index (χ3v) is 1.49. The van der Waals surface area contributed by atoms with Gasteiger partial charge in [0.1, 0.15) is 0 Å². The lowest BCUT2D eigenvalue weighted by Crippen LogP contribution is -2.15. The summed E-state index contributed by atoms with van der Waals surface area (Å²) in [6.45, 7) is 2.06. The van der Waals surface area contributed by atoms with Crippen molar-refractivity contribution < 1.29 is 4.79 Å². The van der Waals surface area contributed by atoms with Gasteiger partial charge in [-0.3, -0.25) is 4.79 Å². The van der Waals surface area contributed by atoms with E-state index >= 15 is 0 Å². The minimum Gasteiger partial charge on any atom is -0.273 e. The summed E-state index contributed by atoms with van der Waals surface area (Å²) in [5.74, 6) is 0.0943. The van der Waals surface area contributed by atoms with Crippen LogP contribution in [0.2, 0.25) is 0 Å². The molecule has 1 fully saturated rings. The van der Waals surface area contributed by atoms with Crippen molar-refractivity contribution in [3.05, 3.63) is 0 Å². The van der Waals surface area contributed by atoms with E-state index in [4.69, 9.17) is 0 Å². The number of rotatable bonds is 1. The second-order valence-corrected chi connectivity index (χ2v) is 2.12. The molecule has 2 heteroatoms. The van der Waals surface area contributed by atoms with Crippen LogP contribution in [0.4, 0.5) is 0 Å². The topological polar surface area (TPSA) is 31.2 Å². The molecule has 0 aromatic rings. The lowest BCUT2D eigenvalue weighted by Gasteiger charge is -1.98. The Balaban J connectivity index is 2.32. The Morgan fingerprint density at radius 3 is 2.88 bits per heavy atom.